The third-order valence-corrected chi connectivity index (χ3v) is 3.77. The van der Waals surface area contributed by atoms with Crippen molar-refractivity contribution in [3.8, 4) is 0 Å². The Balaban J connectivity index is 2.46. The summed E-state index contributed by atoms with van der Waals surface area (Å²) >= 11 is 3.19. The lowest BCUT2D eigenvalue weighted by atomic mass is 10.0. The van der Waals surface area contributed by atoms with Crippen molar-refractivity contribution in [2.45, 2.75) is 32.9 Å². The van der Waals surface area contributed by atoms with E-state index in [1.165, 1.54) is 0 Å². The van der Waals surface area contributed by atoms with Gasteiger partial charge in [0.05, 0.1) is 21.9 Å². The van der Waals surface area contributed by atoms with Gasteiger partial charge in [0.25, 0.3) is 0 Å². The van der Waals surface area contributed by atoms with Crippen molar-refractivity contribution in [2.75, 3.05) is 0 Å². The molecular weight excluding hydrogens is 309 g/mol. The van der Waals surface area contributed by atoms with Crippen LogP contribution in [0.2, 0.25) is 0 Å². The normalized spacial score (nSPS) is 12.7. The SMILES string of the molecule is CCc1cc(C(N)c2cccc(Br)c2F)n(CC)n1. The molecule has 2 rings (SSSR count). The minimum absolute atomic E-state index is 0.308. The lowest BCUT2D eigenvalue weighted by Crippen LogP contribution is -2.18. The number of aryl methyl sites for hydroxylation is 2. The average Bonchev–Trinajstić information content (AvgIpc) is 2.84. The number of aromatic nitrogens is 2. The highest BCUT2D eigenvalue weighted by molar-refractivity contribution is 9.10. The Morgan fingerprint density at radius 1 is 1.42 bits per heavy atom. The summed E-state index contributed by atoms with van der Waals surface area (Å²) in [7, 11) is 0. The molecule has 3 nitrogen and oxygen atoms in total. The van der Waals surface area contributed by atoms with E-state index in [0.717, 1.165) is 24.4 Å². The molecule has 102 valence electrons. The average molecular weight is 326 g/mol. The molecule has 0 radical (unpaired) electrons. The number of nitrogens with two attached hydrogens (primary N) is 1. The van der Waals surface area contributed by atoms with Gasteiger partial charge in [-0.2, -0.15) is 5.10 Å². The Morgan fingerprint density at radius 3 is 2.79 bits per heavy atom. The standard InChI is InChI=1S/C14H17BrFN3/c1-3-9-8-12(19(4-2)18-9)14(17)10-6-5-7-11(15)13(10)16/h5-8,14H,3-4,17H2,1-2H3. The topological polar surface area (TPSA) is 43.8 Å². The first kappa shape index (κ1) is 14.2. The third kappa shape index (κ3) is 2.72. The number of hydrogen-bond donors (Lipinski definition) is 1. The number of benzene rings is 1. The van der Waals surface area contributed by atoms with Crippen LogP contribution in [-0.2, 0) is 13.0 Å². The molecule has 1 atom stereocenters. The molecule has 5 heteroatoms. The maximum atomic E-state index is 14.1. The molecule has 2 N–H and O–H groups in total. The molecule has 2 aromatic rings. The second-order valence-electron chi connectivity index (χ2n) is 4.35. The van der Waals surface area contributed by atoms with Gasteiger partial charge in [-0.3, -0.25) is 4.68 Å². The van der Waals surface area contributed by atoms with Gasteiger partial charge >= 0.3 is 0 Å². The Kier molecular flexibility index (Phi) is 4.37. The summed E-state index contributed by atoms with van der Waals surface area (Å²) in [6, 6.07) is 6.61. The van der Waals surface area contributed by atoms with Crippen LogP contribution in [-0.4, -0.2) is 9.78 Å². The fourth-order valence-electron chi connectivity index (χ4n) is 2.08. The zero-order valence-electron chi connectivity index (χ0n) is 11.0. The molecule has 19 heavy (non-hydrogen) atoms. The van der Waals surface area contributed by atoms with Crippen molar-refractivity contribution in [2.24, 2.45) is 5.73 Å². The van der Waals surface area contributed by atoms with Gasteiger partial charge in [-0.15, -0.1) is 0 Å². The summed E-state index contributed by atoms with van der Waals surface area (Å²) < 4.78 is 16.4. The minimum Gasteiger partial charge on any atom is -0.319 e. The van der Waals surface area contributed by atoms with Crippen LogP contribution in [0.4, 0.5) is 4.39 Å². The maximum Gasteiger partial charge on any atom is 0.142 e. The second kappa shape index (κ2) is 5.84. The van der Waals surface area contributed by atoms with Gasteiger partial charge in [0.15, 0.2) is 0 Å². The van der Waals surface area contributed by atoms with E-state index in [2.05, 4.69) is 21.0 Å². The van der Waals surface area contributed by atoms with E-state index in [9.17, 15) is 4.39 Å². The van der Waals surface area contributed by atoms with Crippen molar-refractivity contribution in [3.63, 3.8) is 0 Å². The first-order chi connectivity index (χ1) is 9.08. The lowest BCUT2D eigenvalue weighted by Gasteiger charge is -2.15. The highest BCUT2D eigenvalue weighted by Gasteiger charge is 2.19. The van der Waals surface area contributed by atoms with Crippen molar-refractivity contribution in [1.82, 2.24) is 9.78 Å². The Bertz CT molecular complexity index is 580. The van der Waals surface area contributed by atoms with Crippen LogP contribution in [0.15, 0.2) is 28.7 Å². The van der Waals surface area contributed by atoms with Gasteiger partial charge in [-0.05, 0) is 41.4 Å². The Labute approximate surface area is 120 Å². The molecular formula is C14H17BrFN3. The zero-order valence-corrected chi connectivity index (χ0v) is 12.6. The Hall–Kier alpha value is -1.20. The molecule has 0 aliphatic rings. The zero-order chi connectivity index (χ0) is 14.0. The summed E-state index contributed by atoms with van der Waals surface area (Å²) in [4.78, 5) is 0. The van der Waals surface area contributed by atoms with Gasteiger partial charge in [0.2, 0.25) is 0 Å². The molecule has 1 aromatic heterocycles. The highest BCUT2D eigenvalue weighted by atomic mass is 79.9. The maximum absolute atomic E-state index is 14.1. The van der Waals surface area contributed by atoms with Crippen molar-refractivity contribution in [3.05, 3.63) is 51.5 Å². The molecule has 0 saturated heterocycles. The third-order valence-electron chi connectivity index (χ3n) is 3.16. The van der Waals surface area contributed by atoms with Gasteiger partial charge in [-0.1, -0.05) is 19.1 Å². The first-order valence-corrected chi connectivity index (χ1v) is 7.13. The lowest BCUT2D eigenvalue weighted by molar-refractivity contribution is 0.562. The van der Waals surface area contributed by atoms with Crippen molar-refractivity contribution < 1.29 is 4.39 Å². The number of halogens is 2. The molecule has 0 spiro atoms. The van der Waals surface area contributed by atoms with E-state index in [1.54, 1.807) is 18.2 Å². The second-order valence-corrected chi connectivity index (χ2v) is 5.20. The molecule has 1 heterocycles. The van der Waals surface area contributed by atoms with Gasteiger partial charge < -0.3 is 5.73 Å². The first-order valence-electron chi connectivity index (χ1n) is 6.34. The quantitative estimate of drug-likeness (QED) is 0.936. The van der Waals surface area contributed by atoms with E-state index >= 15 is 0 Å². The van der Waals surface area contributed by atoms with E-state index in [0.29, 0.717) is 10.0 Å². The van der Waals surface area contributed by atoms with E-state index in [-0.39, 0.29) is 5.82 Å². The van der Waals surface area contributed by atoms with Crippen LogP contribution >= 0.6 is 15.9 Å². The van der Waals surface area contributed by atoms with Crippen LogP contribution in [0.25, 0.3) is 0 Å². The van der Waals surface area contributed by atoms with E-state index < -0.39 is 6.04 Å². The fourth-order valence-corrected chi connectivity index (χ4v) is 2.46. The van der Waals surface area contributed by atoms with Crippen LogP contribution in [0, 0.1) is 5.82 Å². The molecule has 0 bridgehead atoms. The monoisotopic (exact) mass is 325 g/mol. The van der Waals surface area contributed by atoms with Crippen LogP contribution in [0.3, 0.4) is 0 Å². The summed E-state index contributed by atoms with van der Waals surface area (Å²) in [5.74, 6) is -0.308. The summed E-state index contributed by atoms with van der Waals surface area (Å²) in [6.07, 6.45) is 0.841. The number of nitrogens with zero attached hydrogens (tertiary/aromatic N) is 2. The minimum atomic E-state index is -0.509. The van der Waals surface area contributed by atoms with Gasteiger partial charge in [-0.25, -0.2) is 4.39 Å². The molecule has 0 aliphatic carbocycles. The molecule has 0 fully saturated rings. The smallest absolute Gasteiger partial charge is 0.142 e. The predicted octanol–water partition coefficient (Wildman–Crippen LogP) is 3.42. The predicted molar refractivity (Wildman–Crippen MR) is 77.4 cm³/mol. The summed E-state index contributed by atoms with van der Waals surface area (Å²) in [5, 5.41) is 4.45. The molecule has 1 unspecified atom stereocenters. The number of hydrogen-bond acceptors (Lipinski definition) is 2. The summed E-state index contributed by atoms with van der Waals surface area (Å²) in [5.41, 5.74) is 8.51. The van der Waals surface area contributed by atoms with Crippen LogP contribution in [0.5, 0.6) is 0 Å². The molecule has 1 aromatic carbocycles. The molecule has 0 aliphatic heterocycles. The van der Waals surface area contributed by atoms with E-state index in [1.807, 2.05) is 24.6 Å². The fraction of sp³-hybridized carbons (Fsp3) is 0.357. The van der Waals surface area contributed by atoms with Crippen LogP contribution in [0.1, 0.15) is 36.8 Å². The van der Waals surface area contributed by atoms with Gasteiger partial charge in [0.1, 0.15) is 5.82 Å². The molecule has 0 amide bonds. The van der Waals surface area contributed by atoms with Crippen molar-refractivity contribution in [1.29, 1.82) is 0 Å². The van der Waals surface area contributed by atoms with E-state index in [4.69, 9.17) is 5.73 Å². The summed E-state index contributed by atoms with van der Waals surface area (Å²) in [6.45, 7) is 4.76. The number of rotatable bonds is 4. The largest absolute Gasteiger partial charge is 0.319 e. The van der Waals surface area contributed by atoms with Crippen LogP contribution < -0.4 is 5.73 Å². The molecule has 0 saturated carbocycles. The van der Waals surface area contributed by atoms with Gasteiger partial charge in [0, 0.05) is 12.1 Å². The Morgan fingerprint density at radius 2 is 2.16 bits per heavy atom. The highest BCUT2D eigenvalue weighted by Crippen LogP contribution is 2.27. The van der Waals surface area contributed by atoms with Crippen molar-refractivity contribution >= 4 is 15.9 Å².